The van der Waals surface area contributed by atoms with E-state index in [-0.39, 0.29) is 5.56 Å². The minimum atomic E-state index is -4.61. The number of rotatable bonds is 5. The molecule has 0 bridgehead atoms. The van der Waals surface area contributed by atoms with E-state index < -0.39 is 17.8 Å². The van der Waals surface area contributed by atoms with Crippen LogP contribution < -0.4 is 10.1 Å². The number of aromatic nitrogens is 1. The normalized spacial score (nSPS) is 15.3. The highest BCUT2D eigenvalue weighted by Crippen LogP contribution is 2.28. The van der Waals surface area contributed by atoms with Gasteiger partial charge in [0, 0.05) is 36.7 Å². The molecule has 5 nitrogen and oxygen atoms in total. The SMILES string of the molecule is Cc1ccc(NC(=O)c2ccnc(C(F)(F)F)c2)cc1OCC1CCOCC1. The Labute approximate surface area is 160 Å². The van der Waals surface area contributed by atoms with Gasteiger partial charge in [0.25, 0.3) is 5.91 Å². The van der Waals surface area contributed by atoms with Gasteiger partial charge in [-0.3, -0.25) is 9.78 Å². The summed E-state index contributed by atoms with van der Waals surface area (Å²) >= 11 is 0. The van der Waals surface area contributed by atoms with Gasteiger partial charge in [-0.05, 0) is 49.4 Å². The minimum absolute atomic E-state index is 0.118. The maximum Gasteiger partial charge on any atom is 0.433 e. The van der Waals surface area contributed by atoms with Crippen molar-refractivity contribution >= 4 is 11.6 Å². The first kappa shape index (κ1) is 20.1. The Hall–Kier alpha value is -2.61. The summed E-state index contributed by atoms with van der Waals surface area (Å²) in [4.78, 5) is 15.6. The molecule has 1 aromatic heterocycles. The number of anilines is 1. The van der Waals surface area contributed by atoms with Crippen molar-refractivity contribution in [1.82, 2.24) is 4.98 Å². The van der Waals surface area contributed by atoms with Crippen LogP contribution in [0.25, 0.3) is 0 Å². The van der Waals surface area contributed by atoms with E-state index in [1.807, 2.05) is 6.92 Å². The van der Waals surface area contributed by atoms with E-state index in [0.717, 1.165) is 43.9 Å². The molecule has 0 spiro atoms. The molecule has 2 heterocycles. The van der Waals surface area contributed by atoms with E-state index in [4.69, 9.17) is 9.47 Å². The molecule has 1 fully saturated rings. The highest BCUT2D eigenvalue weighted by atomic mass is 19.4. The van der Waals surface area contributed by atoms with Crippen molar-refractivity contribution < 1.29 is 27.4 Å². The lowest BCUT2D eigenvalue weighted by atomic mass is 10.0. The molecule has 1 aromatic carbocycles. The molecule has 1 N–H and O–H groups in total. The summed E-state index contributed by atoms with van der Waals surface area (Å²) in [5.74, 6) is 0.408. The van der Waals surface area contributed by atoms with Crippen molar-refractivity contribution in [3.8, 4) is 5.75 Å². The van der Waals surface area contributed by atoms with Crippen LogP contribution in [0.5, 0.6) is 5.75 Å². The number of nitrogens with zero attached hydrogens (tertiary/aromatic N) is 1. The fourth-order valence-corrected chi connectivity index (χ4v) is 2.88. The third-order valence-corrected chi connectivity index (χ3v) is 4.57. The summed E-state index contributed by atoms with van der Waals surface area (Å²) in [5, 5.41) is 2.61. The molecule has 0 unspecified atom stereocenters. The minimum Gasteiger partial charge on any atom is -0.493 e. The van der Waals surface area contributed by atoms with E-state index in [1.165, 1.54) is 6.07 Å². The second kappa shape index (κ2) is 8.60. The fourth-order valence-electron chi connectivity index (χ4n) is 2.88. The topological polar surface area (TPSA) is 60.5 Å². The van der Waals surface area contributed by atoms with Crippen LogP contribution in [0.15, 0.2) is 36.5 Å². The number of nitrogens with one attached hydrogen (secondary N) is 1. The molecule has 0 aliphatic carbocycles. The molecular weight excluding hydrogens is 373 g/mol. The predicted molar refractivity (Wildman–Crippen MR) is 97.4 cm³/mol. The Morgan fingerprint density at radius 2 is 2.00 bits per heavy atom. The van der Waals surface area contributed by atoms with Gasteiger partial charge >= 0.3 is 6.18 Å². The highest BCUT2D eigenvalue weighted by molar-refractivity contribution is 6.04. The number of carbonyl (C=O) groups is 1. The maximum atomic E-state index is 12.8. The molecule has 0 radical (unpaired) electrons. The van der Waals surface area contributed by atoms with Gasteiger partial charge in [-0.1, -0.05) is 6.07 Å². The summed E-state index contributed by atoms with van der Waals surface area (Å²) in [6.07, 6.45) is -1.75. The van der Waals surface area contributed by atoms with Gasteiger partial charge < -0.3 is 14.8 Å². The third kappa shape index (κ3) is 5.22. The summed E-state index contributed by atoms with van der Waals surface area (Å²) in [6, 6.07) is 7.12. The lowest BCUT2D eigenvalue weighted by Gasteiger charge is -2.22. The van der Waals surface area contributed by atoms with Gasteiger partial charge in [-0.2, -0.15) is 13.2 Å². The van der Waals surface area contributed by atoms with E-state index in [1.54, 1.807) is 18.2 Å². The van der Waals surface area contributed by atoms with Crippen molar-refractivity contribution in [3.63, 3.8) is 0 Å². The van der Waals surface area contributed by atoms with E-state index in [0.29, 0.717) is 24.0 Å². The van der Waals surface area contributed by atoms with E-state index in [9.17, 15) is 18.0 Å². The van der Waals surface area contributed by atoms with Gasteiger partial charge in [0.1, 0.15) is 11.4 Å². The summed E-state index contributed by atoms with van der Waals surface area (Å²) in [5.41, 5.74) is 0.133. The molecule has 150 valence electrons. The Balaban J connectivity index is 1.67. The lowest BCUT2D eigenvalue weighted by molar-refractivity contribution is -0.141. The van der Waals surface area contributed by atoms with E-state index >= 15 is 0 Å². The molecule has 1 amide bonds. The van der Waals surface area contributed by atoms with Crippen molar-refractivity contribution in [3.05, 3.63) is 53.3 Å². The number of ether oxygens (including phenoxy) is 2. The number of amides is 1. The first-order valence-corrected chi connectivity index (χ1v) is 8.99. The van der Waals surface area contributed by atoms with E-state index in [2.05, 4.69) is 10.3 Å². The molecule has 28 heavy (non-hydrogen) atoms. The van der Waals surface area contributed by atoms with Crippen LogP contribution in [0.4, 0.5) is 18.9 Å². The number of benzene rings is 1. The summed E-state index contributed by atoms with van der Waals surface area (Å²) in [6.45, 7) is 3.91. The van der Waals surface area contributed by atoms with Gasteiger partial charge in [-0.25, -0.2) is 0 Å². The summed E-state index contributed by atoms with van der Waals surface area (Å²) in [7, 11) is 0. The Bertz CT molecular complexity index is 834. The first-order valence-electron chi connectivity index (χ1n) is 8.99. The van der Waals surface area contributed by atoms with Crippen molar-refractivity contribution in [2.24, 2.45) is 5.92 Å². The van der Waals surface area contributed by atoms with Crippen molar-refractivity contribution in [2.75, 3.05) is 25.1 Å². The third-order valence-electron chi connectivity index (χ3n) is 4.57. The molecule has 1 aliphatic heterocycles. The Morgan fingerprint density at radius 1 is 1.25 bits per heavy atom. The van der Waals surface area contributed by atoms with Crippen molar-refractivity contribution in [2.45, 2.75) is 25.9 Å². The lowest BCUT2D eigenvalue weighted by Crippen LogP contribution is -2.21. The molecular formula is C20H21F3N2O3. The first-order chi connectivity index (χ1) is 13.3. The van der Waals surface area contributed by atoms with Crippen LogP contribution in [0.1, 0.15) is 34.5 Å². The molecule has 1 saturated heterocycles. The standard InChI is InChI=1S/C20H21F3N2O3/c1-13-2-3-16(11-17(13)28-12-14-5-8-27-9-6-14)25-19(26)15-4-7-24-18(10-15)20(21,22)23/h2-4,7,10-11,14H,5-6,8-9,12H2,1H3,(H,25,26). The maximum absolute atomic E-state index is 12.8. The van der Waals surface area contributed by atoms with Gasteiger partial charge in [-0.15, -0.1) is 0 Å². The zero-order chi connectivity index (χ0) is 20.1. The smallest absolute Gasteiger partial charge is 0.433 e. The molecule has 0 atom stereocenters. The molecule has 1 aliphatic rings. The summed E-state index contributed by atoms with van der Waals surface area (Å²) < 4.78 is 49.6. The van der Waals surface area contributed by atoms with Crippen LogP contribution >= 0.6 is 0 Å². The number of halogens is 3. The van der Waals surface area contributed by atoms with Gasteiger partial charge in [0.05, 0.1) is 6.61 Å². The number of hydrogen-bond acceptors (Lipinski definition) is 4. The quantitative estimate of drug-likeness (QED) is 0.813. The molecule has 3 rings (SSSR count). The number of alkyl halides is 3. The molecule has 0 saturated carbocycles. The van der Waals surface area contributed by atoms with Gasteiger partial charge in [0.15, 0.2) is 0 Å². The van der Waals surface area contributed by atoms with Crippen LogP contribution in [0.2, 0.25) is 0 Å². The number of hydrogen-bond donors (Lipinski definition) is 1. The largest absolute Gasteiger partial charge is 0.493 e. The number of aryl methyl sites for hydroxylation is 1. The van der Waals surface area contributed by atoms with Crippen molar-refractivity contribution in [1.29, 1.82) is 0 Å². The zero-order valence-corrected chi connectivity index (χ0v) is 15.4. The van der Waals surface area contributed by atoms with Crippen LogP contribution in [-0.4, -0.2) is 30.7 Å². The fraction of sp³-hybridized carbons (Fsp3) is 0.400. The average Bonchev–Trinajstić information content (AvgIpc) is 2.68. The van der Waals surface area contributed by atoms with Crippen LogP contribution in [0, 0.1) is 12.8 Å². The average molecular weight is 394 g/mol. The van der Waals surface area contributed by atoms with Crippen LogP contribution in [0.3, 0.4) is 0 Å². The molecule has 8 heteroatoms. The Kier molecular flexibility index (Phi) is 6.18. The highest BCUT2D eigenvalue weighted by Gasteiger charge is 2.33. The van der Waals surface area contributed by atoms with Gasteiger partial charge in [0.2, 0.25) is 0 Å². The predicted octanol–water partition coefficient (Wildman–Crippen LogP) is 4.47. The second-order valence-corrected chi connectivity index (χ2v) is 6.73. The monoisotopic (exact) mass is 394 g/mol. The molecule has 2 aromatic rings. The number of carbonyl (C=O) groups excluding carboxylic acids is 1. The zero-order valence-electron chi connectivity index (χ0n) is 15.4. The van der Waals surface area contributed by atoms with Crippen LogP contribution in [-0.2, 0) is 10.9 Å². The second-order valence-electron chi connectivity index (χ2n) is 6.73. The Morgan fingerprint density at radius 3 is 2.71 bits per heavy atom. The number of pyridine rings is 1.